The van der Waals surface area contributed by atoms with Gasteiger partial charge in [-0.1, -0.05) is 47.5 Å². The number of hydrogen-bond donors (Lipinski definition) is 2. The van der Waals surface area contributed by atoms with Gasteiger partial charge in [0.05, 0.1) is 13.2 Å². The molecule has 2 aromatic carbocycles. The number of hydrogen-bond acceptors (Lipinski definition) is 6. The molecule has 8 heteroatoms. The predicted octanol–water partition coefficient (Wildman–Crippen LogP) is 3.24. The van der Waals surface area contributed by atoms with Crippen molar-refractivity contribution in [3.05, 3.63) is 69.7 Å². The molecule has 2 aromatic rings. The second-order valence-electron chi connectivity index (χ2n) is 6.73. The number of halogens is 2. The van der Waals surface area contributed by atoms with Crippen LogP contribution in [0.2, 0.25) is 10.0 Å². The molecule has 0 aromatic heterocycles. The molecule has 0 bridgehead atoms. The fourth-order valence-electron chi connectivity index (χ4n) is 3.35. The van der Waals surface area contributed by atoms with Crippen molar-refractivity contribution < 1.29 is 29.2 Å². The summed E-state index contributed by atoms with van der Waals surface area (Å²) in [6.45, 7) is -0.211. The smallest absolute Gasteiger partial charge is 0.184 e. The Morgan fingerprint density at radius 1 is 0.857 bits per heavy atom. The summed E-state index contributed by atoms with van der Waals surface area (Å²) in [7, 11) is 0. The molecule has 2 N–H and O–H groups in total. The van der Waals surface area contributed by atoms with E-state index in [0.717, 1.165) is 11.1 Å². The maximum Gasteiger partial charge on any atom is 0.184 e. The SMILES string of the molecule is OC[C@H](O)[C@H]1OC(c2ccc(Cl)cc2)O[C@@H]2COC(c3ccc(Cl)cc3)O[C@@H]12. The van der Waals surface area contributed by atoms with E-state index in [-0.39, 0.29) is 6.61 Å². The van der Waals surface area contributed by atoms with Crippen molar-refractivity contribution in [1.82, 2.24) is 0 Å². The van der Waals surface area contributed by atoms with Crippen molar-refractivity contribution in [2.75, 3.05) is 13.2 Å². The van der Waals surface area contributed by atoms with Crippen LogP contribution in [0.4, 0.5) is 0 Å². The molecule has 2 heterocycles. The first kappa shape index (κ1) is 20.1. The average Bonchev–Trinajstić information content (AvgIpc) is 2.73. The van der Waals surface area contributed by atoms with Crippen LogP contribution in [0.5, 0.6) is 0 Å². The molecule has 0 spiro atoms. The van der Waals surface area contributed by atoms with Crippen molar-refractivity contribution in [2.24, 2.45) is 0 Å². The Balaban J connectivity index is 1.55. The Hall–Kier alpha value is -1.22. The zero-order valence-corrected chi connectivity index (χ0v) is 16.3. The fourth-order valence-corrected chi connectivity index (χ4v) is 3.60. The van der Waals surface area contributed by atoms with E-state index < -0.39 is 43.6 Å². The van der Waals surface area contributed by atoms with Gasteiger partial charge in [0, 0.05) is 21.2 Å². The topological polar surface area (TPSA) is 77.4 Å². The summed E-state index contributed by atoms with van der Waals surface area (Å²) in [5.41, 5.74) is 1.54. The molecule has 2 unspecified atom stereocenters. The first-order chi connectivity index (χ1) is 13.5. The van der Waals surface area contributed by atoms with Crippen LogP contribution in [0, 0.1) is 0 Å². The molecule has 2 aliphatic rings. The minimum absolute atomic E-state index is 0.250. The number of benzene rings is 2. The molecule has 2 aliphatic heterocycles. The maximum absolute atomic E-state index is 10.3. The van der Waals surface area contributed by atoms with Gasteiger partial charge < -0.3 is 29.2 Å². The quantitative estimate of drug-likeness (QED) is 0.781. The average molecular weight is 427 g/mol. The highest BCUT2D eigenvalue weighted by Crippen LogP contribution is 2.39. The zero-order valence-electron chi connectivity index (χ0n) is 14.8. The highest BCUT2D eigenvalue weighted by molar-refractivity contribution is 6.30. The normalized spacial score (nSPS) is 31.2. The largest absolute Gasteiger partial charge is 0.394 e. The van der Waals surface area contributed by atoms with Gasteiger partial charge >= 0.3 is 0 Å². The van der Waals surface area contributed by atoms with E-state index in [2.05, 4.69) is 0 Å². The van der Waals surface area contributed by atoms with Gasteiger partial charge in [0.1, 0.15) is 24.4 Å². The van der Waals surface area contributed by atoms with Crippen LogP contribution in [-0.4, -0.2) is 47.8 Å². The standard InChI is InChI=1S/C20H20Cl2O6/c21-13-5-1-11(2-6-13)19-25-10-16-18(28-19)17(15(24)9-23)27-20(26-16)12-3-7-14(22)8-4-12/h1-8,15-20,23-24H,9-10H2/t15-,16+,17+,18+,19?,20?/m0/s1. The Morgan fingerprint density at radius 3 is 2.00 bits per heavy atom. The zero-order chi connectivity index (χ0) is 19.7. The third-order valence-corrected chi connectivity index (χ3v) is 5.32. The van der Waals surface area contributed by atoms with E-state index in [0.29, 0.717) is 10.0 Å². The predicted molar refractivity (Wildman–Crippen MR) is 102 cm³/mol. The van der Waals surface area contributed by atoms with Gasteiger partial charge in [-0.05, 0) is 24.3 Å². The molecule has 6 nitrogen and oxygen atoms in total. The summed E-state index contributed by atoms with van der Waals surface area (Å²) < 4.78 is 23.9. The summed E-state index contributed by atoms with van der Waals surface area (Å²) in [6, 6.07) is 14.2. The Bertz CT molecular complexity index is 782. The van der Waals surface area contributed by atoms with Crippen molar-refractivity contribution in [2.45, 2.75) is 37.0 Å². The first-order valence-corrected chi connectivity index (χ1v) is 9.68. The van der Waals surface area contributed by atoms with Gasteiger partial charge in [0.15, 0.2) is 12.6 Å². The molecular formula is C20H20Cl2O6. The van der Waals surface area contributed by atoms with Crippen molar-refractivity contribution in [3.63, 3.8) is 0 Å². The second kappa shape index (κ2) is 8.65. The summed E-state index contributed by atoms with van der Waals surface area (Å²) >= 11 is 11.9. The Kier molecular flexibility index (Phi) is 6.20. The molecule has 150 valence electrons. The van der Waals surface area contributed by atoms with Crippen molar-refractivity contribution >= 4 is 23.2 Å². The lowest BCUT2D eigenvalue weighted by atomic mass is 9.99. The third-order valence-electron chi connectivity index (χ3n) is 4.81. The van der Waals surface area contributed by atoms with Gasteiger partial charge in [0.2, 0.25) is 0 Å². The Morgan fingerprint density at radius 2 is 1.43 bits per heavy atom. The van der Waals surface area contributed by atoms with Crippen LogP contribution in [0.1, 0.15) is 23.7 Å². The molecule has 2 saturated heterocycles. The summed E-state index contributed by atoms with van der Waals surface area (Å²) in [5.74, 6) is 0. The van der Waals surface area contributed by atoms with Gasteiger partial charge in [-0.15, -0.1) is 0 Å². The van der Waals surface area contributed by atoms with Gasteiger partial charge in [-0.25, -0.2) is 0 Å². The molecule has 28 heavy (non-hydrogen) atoms. The highest BCUT2D eigenvalue weighted by Gasteiger charge is 2.48. The van der Waals surface area contributed by atoms with Crippen LogP contribution in [0.3, 0.4) is 0 Å². The molecule has 6 atom stereocenters. The van der Waals surface area contributed by atoms with Crippen LogP contribution in [-0.2, 0) is 18.9 Å². The summed E-state index contributed by atoms with van der Waals surface area (Å²) in [4.78, 5) is 0. The lowest BCUT2D eigenvalue weighted by Gasteiger charge is -2.47. The van der Waals surface area contributed by atoms with E-state index in [1.165, 1.54) is 0 Å². The minimum Gasteiger partial charge on any atom is -0.394 e. The lowest BCUT2D eigenvalue weighted by Crippen LogP contribution is -2.58. The molecular weight excluding hydrogens is 407 g/mol. The molecule has 0 saturated carbocycles. The number of aliphatic hydroxyl groups is 2. The van der Waals surface area contributed by atoms with E-state index in [9.17, 15) is 10.2 Å². The van der Waals surface area contributed by atoms with E-state index in [1.807, 2.05) is 12.1 Å². The molecule has 4 rings (SSSR count). The number of rotatable bonds is 4. The number of ether oxygens (including phenoxy) is 4. The van der Waals surface area contributed by atoms with E-state index in [4.69, 9.17) is 42.1 Å². The van der Waals surface area contributed by atoms with Gasteiger partial charge in [-0.2, -0.15) is 0 Å². The minimum atomic E-state index is -1.13. The van der Waals surface area contributed by atoms with Crippen molar-refractivity contribution in [3.8, 4) is 0 Å². The number of aliphatic hydroxyl groups excluding tert-OH is 2. The maximum atomic E-state index is 10.3. The number of fused-ring (bicyclic) bond motifs is 1. The molecule has 0 aliphatic carbocycles. The van der Waals surface area contributed by atoms with Gasteiger partial charge in [-0.3, -0.25) is 0 Å². The van der Waals surface area contributed by atoms with Crippen LogP contribution in [0.25, 0.3) is 0 Å². The van der Waals surface area contributed by atoms with Gasteiger partial charge in [0.25, 0.3) is 0 Å². The fraction of sp³-hybridized carbons (Fsp3) is 0.400. The molecule has 0 amide bonds. The third kappa shape index (κ3) is 4.20. The molecule has 0 radical (unpaired) electrons. The lowest BCUT2D eigenvalue weighted by molar-refractivity contribution is -0.373. The summed E-state index contributed by atoms with van der Waals surface area (Å²) in [6.07, 6.45) is -4.38. The summed E-state index contributed by atoms with van der Waals surface area (Å²) in [5, 5.41) is 21.0. The van der Waals surface area contributed by atoms with E-state index in [1.54, 1.807) is 36.4 Å². The monoisotopic (exact) mass is 426 g/mol. The first-order valence-electron chi connectivity index (χ1n) is 8.93. The highest BCUT2D eigenvalue weighted by atomic mass is 35.5. The Labute approximate surface area is 172 Å². The van der Waals surface area contributed by atoms with Crippen molar-refractivity contribution in [1.29, 1.82) is 0 Å². The van der Waals surface area contributed by atoms with Crippen LogP contribution in [0.15, 0.2) is 48.5 Å². The van der Waals surface area contributed by atoms with E-state index >= 15 is 0 Å². The van der Waals surface area contributed by atoms with Crippen LogP contribution < -0.4 is 0 Å². The molecule has 2 fully saturated rings. The second-order valence-corrected chi connectivity index (χ2v) is 7.60. The van der Waals surface area contributed by atoms with Crippen LogP contribution >= 0.6 is 23.2 Å².